The number of alkyl halides is 3. The second-order valence-corrected chi connectivity index (χ2v) is 5.21. The quantitative estimate of drug-likeness (QED) is 0.755. The molecule has 3 rings (SSSR count). The maximum Gasteiger partial charge on any atom is 0.416 e. The van der Waals surface area contributed by atoms with E-state index in [9.17, 15) is 13.2 Å². The highest BCUT2D eigenvalue weighted by atomic mass is 35.5. The Morgan fingerprint density at radius 1 is 1.10 bits per heavy atom. The minimum atomic E-state index is -4.35. The third-order valence-corrected chi connectivity index (χ3v) is 3.53. The summed E-state index contributed by atoms with van der Waals surface area (Å²) < 4.78 is 43.8. The highest BCUT2D eigenvalue weighted by molar-refractivity contribution is 6.30. The lowest BCUT2D eigenvalue weighted by Gasteiger charge is -2.31. The number of nitrogens with zero attached hydrogens (tertiary/aromatic N) is 1. The smallest absolute Gasteiger partial charge is 0.416 e. The fraction of sp³-hybridized carbons (Fsp3) is 0.200. The maximum absolute atomic E-state index is 12.8. The number of anilines is 1. The molecule has 0 radical (unpaired) electrons. The van der Waals surface area contributed by atoms with Crippen LogP contribution in [0, 0.1) is 0 Å². The molecule has 0 unspecified atom stereocenters. The van der Waals surface area contributed by atoms with Crippen molar-refractivity contribution in [2.24, 2.45) is 0 Å². The summed E-state index contributed by atoms with van der Waals surface area (Å²) in [6.45, 7) is 0.660. The molecule has 1 heterocycles. The summed E-state index contributed by atoms with van der Waals surface area (Å²) in [4.78, 5) is 1.73. The van der Waals surface area contributed by atoms with Gasteiger partial charge in [-0.25, -0.2) is 0 Å². The minimum Gasteiger partial charge on any atom is -0.473 e. The van der Waals surface area contributed by atoms with Gasteiger partial charge < -0.3 is 9.64 Å². The van der Waals surface area contributed by atoms with E-state index >= 15 is 0 Å². The van der Waals surface area contributed by atoms with Crippen LogP contribution in [0.2, 0.25) is 5.02 Å². The largest absolute Gasteiger partial charge is 0.473 e. The topological polar surface area (TPSA) is 12.5 Å². The van der Waals surface area contributed by atoms with E-state index < -0.39 is 11.7 Å². The van der Waals surface area contributed by atoms with Crippen molar-refractivity contribution in [1.82, 2.24) is 0 Å². The predicted octanol–water partition coefficient (Wildman–Crippen LogP) is 4.72. The molecule has 2 nitrogen and oxygen atoms in total. The molecule has 0 amide bonds. The second-order valence-electron chi connectivity index (χ2n) is 4.77. The van der Waals surface area contributed by atoms with Crippen LogP contribution in [0.1, 0.15) is 11.1 Å². The predicted molar refractivity (Wildman–Crippen MR) is 74.6 cm³/mol. The highest BCUT2D eigenvalue weighted by Crippen LogP contribution is 2.34. The molecule has 0 spiro atoms. The number of hydrogen-bond acceptors (Lipinski definition) is 2. The molecular weight excluding hydrogens is 303 g/mol. The van der Waals surface area contributed by atoms with Crippen molar-refractivity contribution < 1.29 is 17.9 Å². The van der Waals surface area contributed by atoms with Crippen molar-refractivity contribution >= 4 is 17.3 Å². The third-order valence-electron chi connectivity index (χ3n) is 3.30. The number of rotatable bonds is 1. The van der Waals surface area contributed by atoms with Crippen LogP contribution in [0.4, 0.5) is 18.9 Å². The Balaban J connectivity index is 1.89. The van der Waals surface area contributed by atoms with Crippen LogP contribution in [0.25, 0.3) is 0 Å². The number of benzene rings is 2. The SMILES string of the molecule is FC(F)(F)c1cccc(N2COc3ccc(Cl)cc3C2)c1. The van der Waals surface area contributed by atoms with Crippen molar-refractivity contribution in [1.29, 1.82) is 0 Å². The number of halogens is 4. The Hall–Kier alpha value is -1.88. The van der Waals surface area contributed by atoms with Gasteiger partial charge in [0.25, 0.3) is 0 Å². The first-order chi connectivity index (χ1) is 9.93. The van der Waals surface area contributed by atoms with Gasteiger partial charge in [-0.05, 0) is 36.4 Å². The van der Waals surface area contributed by atoms with Gasteiger partial charge in [0.2, 0.25) is 0 Å². The van der Waals surface area contributed by atoms with Gasteiger partial charge in [-0.3, -0.25) is 0 Å². The van der Waals surface area contributed by atoms with Crippen LogP contribution in [0.5, 0.6) is 5.75 Å². The summed E-state index contributed by atoms with van der Waals surface area (Å²) in [5.74, 6) is 0.711. The van der Waals surface area contributed by atoms with E-state index in [2.05, 4.69) is 0 Å². The number of hydrogen-bond donors (Lipinski definition) is 0. The average molecular weight is 314 g/mol. The van der Waals surface area contributed by atoms with Crippen molar-refractivity contribution in [2.45, 2.75) is 12.7 Å². The number of fused-ring (bicyclic) bond motifs is 1. The molecule has 0 atom stereocenters. The standard InChI is InChI=1S/C15H11ClF3NO/c16-12-4-5-14-10(6-12)8-20(9-21-14)13-3-1-2-11(7-13)15(17,18)19/h1-7H,8-9H2. The molecule has 0 bridgehead atoms. The summed E-state index contributed by atoms with van der Waals surface area (Å²) >= 11 is 5.93. The van der Waals surface area contributed by atoms with Crippen molar-refractivity contribution in [3.8, 4) is 5.75 Å². The normalized spacial score (nSPS) is 14.6. The molecule has 0 N–H and O–H groups in total. The van der Waals surface area contributed by atoms with Gasteiger partial charge in [-0.1, -0.05) is 17.7 Å². The van der Waals surface area contributed by atoms with E-state index in [4.69, 9.17) is 16.3 Å². The third kappa shape index (κ3) is 2.93. The Labute approximate surface area is 124 Å². The molecule has 2 aromatic rings. The van der Waals surface area contributed by atoms with Gasteiger partial charge in [0, 0.05) is 22.8 Å². The Morgan fingerprint density at radius 3 is 2.67 bits per heavy atom. The summed E-state index contributed by atoms with van der Waals surface area (Å²) in [7, 11) is 0. The van der Waals surface area contributed by atoms with Crippen LogP contribution in [-0.2, 0) is 12.7 Å². The minimum absolute atomic E-state index is 0.204. The van der Waals surface area contributed by atoms with Gasteiger partial charge in [-0.2, -0.15) is 13.2 Å². The number of ether oxygens (including phenoxy) is 1. The van der Waals surface area contributed by atoms with E-state index in [0.717, 1.165) is 17.7 Å². The second kappa shape index (κ2) is 5.15. The molecule has 1 aliphatic heterocycles. The van der Waals surface area contributed by atoms with Crippen LogP contribution in [-0.4, -0.2) is 6.73 Å². The average Bonchev–Trinajstić information content (AvgIpc) is 2.45. The lowest BCUT2D eigenvalue weighted by atomic mass is 10.1. The van der Waals surface area contributed by atoms with E-state index in [-0.39, 0.29) is 6.73 Å². The zero-order valence-corrected chi connectivity index (χ0v) is 11.6. The maximum atomic E-state index is 12.8. The zero-order valence-electron chi connectivity index (χ0n) is 10.8. The van der Waals surface area contributed by atoms with Gasteiger partial charge in [0.05, 0.1) is 5.56 Å². The molecule has 1 aliphatic rings. The fourth-order valence-electron chi connectivity index (χ4n) is 2.26. The summed E-state index contributed by atoms with van der Waals surface area (Å²) in [5.41, 5.74) is 0.651. The van der Waals surface area contributed by atoms with E-state index in [0.29, 0.717) is 23.0 Å². The van der Waals surface area contributed by atoms with Gasteiger partial charge in [0.1, 0.15) is 5.75 Å². The molecule has 0 aromatic heterocycles. The molecule has 110 valence electrons. The Morgan fingerprint density at radius 2 is 1.90 bits per heavy atom. The Bertz CT molecular complexity index is 672. The molecule has 2 aromatic carbocycles. The van der Waals surface area contributed by atoms with Crippen LogP contribution in [0.3, 0.4) is 0 Å². The van der Waals surface area contributed by atoms with Gasteiger partial charge >= 0.3 is 6.18 Å². The summed E-state index contributed by atoms with van der Waals surface area (Å²) in [6.07, 6.45) is -4.35. The van der Waals surface area contributed by atoms with Crippen LogP contribution in [0.15, 0.2) is 42.5 Å². The molecular formula is C15H11ClF3NO. The molecule has 0 fully saturated rings. The lowest BCUT2D eigenvalue weighted by Crippen LogP contribution is -2.32. The molecule has 21 heavy (non-hydrogen) atoms. The first kappa shape index (κ1) is 14.1. The van der Waals surface area contributed by atoms with Crippen molar-refractivity contribution in [2.75, 3.05) is 11.6 Å². The van der Waals surface area contributed by atoms with Crippen molar-refractivity contribution in [3.63, 3.8) is 0 Å². The van der Waals surface area contributed by atoms with E-state index in [1.165, 1.54) is 6.07 Å². The van der Waals surface area contributed by atoms with Crippen molar-refractivity contribution in [3.05, 3.63) is 58.6 Å². The van der Waals surface area contributed by atoms with Crippen LogP contribution >= 0.6 is 11.6 Å². The fourth-order valence-corrected chi connectivity index (χ4v) is 2.45. The molecule has 0 aliphatic carbocycles. The zero-order chi connectivity index (χ0) is 15.0. The Kier molecular flexibility index (Phi) is 3.45. The molecule has 0 saturated carbocycles. The summed E-state index contributed by atoms with van der Waals surface area (Å²) in [5, 5.41) is 0.572. The molecule has 6 heteroatoms. The van der Waals surface area contributed by atoms with Gasteiger partial charge in [-0.15, -0.1) is 0 Å². The highest BCUT2D eigenvalue weighted by Gasteiger charge is 2.31. The first-order valence-electron chi connectivity index (χ1n) is 6.27. The monoisotopic (exact) mass is 313 g/mol. The van der Waals surface area contributed by atoms with E-state index in [1.54, 1.807) is 29.2 Å². The molecule has 0 saturated heterocycles. The summed E-state index contributed by atoms with van der Waals surface area (Å²) in [6, 6.07) is 10.5. The van der Waals surface area contributed by atoms with E-state index in [1.807, 2.05) is 0 Å². The van der Waals surface area contributed by atoms with Gasteiger partial charge in [0.15, 0.2) is 6.73 Å². The first-order valence-corrected chi connectivity index (χ1v) is 6.65. The lowest BCUT2D eigenvalue weighted by molar-refractivity contribution is -0.137. The van der Waals surface area contributed by atoms with Crippen LogP contribution < -0.4 is 9.64 Å².